The zero-order valence-electron chi connectivity index (χ0n) is 12.0. The minimum Gasteiger partial charge on any atom is -0.496 e. The zero-order chi connectivity index (χ0) is 15.2. The predicted molar refractivity (Wildman–Crippen MR) is 79.0 cm³/mol. The van der Waals surface area contributed by atoms with Crippen molar-refractivity contribution in [3.63, 3.8) is 0 Å². The van der Waals surface area contributed by atoms with Gasteiger partial charge in [-0.3, -0.25) is 4.79 Å². The van der Waals surface area contributed by atoms with Crippen LogP contribution in [0.5, 0.6) is 5.75 Å². The minimum absolute atomic E-state index is 0.270. The average Bonchev–Trinajstić information content (AvgIpc) is 2.52. The van der Waals surface area contributed by atoms with Gasteiger partial charge in [-0.15, -0.1) is 0 Å². The summed E-state index contributed by atoms with van der Waals surface area (Å²) in [6.45, 7) is 0.492. The fourth-order valence-corrected chi connectivity index (χ4v) is 2.51. The second-order valence-corrected chi connectivity index (χ2v) is 4.96. The van der Waals surface area contributed by atoms with Crippen molar-refractivity contribution in [2.45, 2.75) is 25.3 Å². The number of rotatable bonds is 4. The van der Waals surface area contributed by atoms with Gasteiger partial charge in [0.25, 0.3) is 0 Å². The van der Waals surface area contributed by atoms with Gasteiger partial charge in [0, 0.05) is 18.2 Å². The Morgan fingerprint density at radius 1 is 1.33 bits per heavy atom. The molecule has 1 heterocycles. The molecule has 1 atom stereocenters. The number of nitrogens with zero attached hydrogens (tertiary/aromatic N) is 1. The SMILES string of the molecule is COc1ccccc1/C=C/C(=O)N1CCCC[C@H]1C(=O)O. The van der Waals surface area contributed by atoms with Crippen molar-refractivity contribution >= 4 is 18.0 Å². The lowest BCUT2D eigenvalue weighted by Gasteiger charge is -2.32. The van der Waals surface area contributed by atoms with Crippen LogP contribution in [0.25, 0.3) is 6.08 Å². The van der Waals surface area contributed by atoms with Gasteiger partial charge in [0.2, 0.25) is 5.91 Å². The molecule has 2 rings (SSSR count). The lowest BCUT2D eigenvalue weighted by molar-refractivity contribution is -0.150. The normalized spacial score (nSPS) is 18.7. The molecule has 1 aromatic rings. The molecule has 0 spiro atoms. The number of carboxylic acid groups (broad SMARTS) is 1. The highest BCUT2D eigenvalue weighted by molar-refractivity contribution is 5.94. The summed E-state index contributed by atoms with van der Waals surface area (Å²) in [7, 11) is 1.57. The van der Waals surface area contributed by atoms with Crippen LogP contribution in [0.4, 0.5) is 0 Å². The van der Waals surface area contributed by atoms with Crippen molar-refractivity contribution in [3.8, 4) is 5.75 Å². The first-order valence-electron chi connectivity index (χ1n) is 6.98. The Labute approximate surface area is 123 Å². The number of benzene rings is 1. The molecule has 112 valence electrons. The molecule has 1 N–H and O–H groups in total. The number of likely N-dealkylation sites (tertiary alicyclic amines) is 1. The van der Waals surface area contributed by atoms with Gasteiger partial charge in [0.15, 0.2) is 0 Å². The topological polar surface area (TPSA) is 66.8 Å². The first-order chi connectivity index (χ1) is 10.1. The van der Waals surface area contributed by atoms with E-state index in [0.29, 0.717) is 18.7 Å². The molecular formula is C16H19NO4. The Hall–Kier alpha value is -2.30. The van der Waals surface area contributed by atoms with Gasteiger partial charge in [0.05, 0.1) is 7.11 Å². The van der Waals surface area contributed by atoms with E-state index in [1.54, 1.807) is 13.2 Å². The standard InChI is InChI=1S/C16H19NO4/c1-21-14-8-3-2-6-12(14)9-10-15(18)17-11-5-4-7-13(17)16(19)20/h2-3,6,8-10,13H,4-5,7,11H2,1H3,(H,19,20)/b10-9+/t13-/m0/s1. The Bertz CT molecular complexity index is 553. The second kappa shape index (κ2) is 6.92. The fraction of sp³-hybridized carbons (Fsp3) is 0.375. The molecule has 5 heteroatoms. The number of ether oxygens (including phenoxy) is 1. The van der Waals surface area contributed by atoms with E-state index in [1.165, 1.54) is 11.0 Å². The van der Waals surface area contributed by atoms with E-state index < -0.39 is 12.0 Å². The van der Waals surface area contributed by atoms with Crippen molar-refractivity contribution < 1.29 is 19.4 Å². The second-order valence-electron chi connectivity index (χ2n) is 4.96. The molecule has 5 nitrogen and oxygen atoms in total. The molecule has 21 heavy (non-hydrogen) atoms. The molecule has 0 saturated carbocycles. The monoisotopic (exact) mass is 289 g/mol. The minimum atomic E-state index is -0.936. The van der Waals surface area contributed by atoms with Crippen LogP contribution < -0.4 is 4.74 Å². The summed E-state index contributed by atoms with van der Waals surface area (Å²) in [5, 5.41) is 9.19. The molecule has 1 amide bonds. The molecule has 1 aliphatic rings. The van der Waals surface area contributed by atoms with E-state index in [4.69, 9.17) is 4.74 Å². The largest absolute Gasteiger partial charge is 0.496 e. The van der Waals surface area contributed by atoms with Gasteiger partial charge in [-0.2, -0.15) is 0 Å². The summed E-state index contributed by atoms with van der Waals surface area (Å²) in [5.41, 5.74) is 0.789. The van der Waals surface area contributed by atoms with Crippen molar-refractivity contribution in [2.24, 2.45) is 0 Å². The number of hydrogen-bond acceptors (Lipinski definition) is 3. The van der Waals surface area contributed by atoms with E-state index in [9.17, 15) is 14.7 Å². The molecule has 0 bridgehead atoms. The maximum absolute atomic E-state index is 12.2. The van der Waals surface area contributed by atoms with E-state index >= 15 is 0 Å². The molecule has 0 unspecified atom stereocenters. The van der Waals surface area contributed by atoms with Gasteiger partial charge in [0.1, 0.15) is 11.8 Å². The van der Waals surface area contributed by atoms with Crippen LogP contribution in [0.2, 0.25) is 0 Å². The van der Waals surface area contributed by atoms with Crippen LogP contribution in [-0.2, 0) is 9.59 Å². The third-order valence-electron chi connectivity index (χ3n) is 3.62. The molecule has 0 radical (unpaired) electrons. The summed E-state index contributed by atoms with van der Waals surface area (Å²) < 4.78 is 5.21. The van der Waals surface area contributed by atoms with E-state index in [1.807, 2.05) is 24.3 Å². The summed E-state index contributed by atoms with van der Waals surface area (Å²) in [6, 6.07) is 6.64. The number of methoxy groups -OCH3 is 1. The van der Waals surface area contributed by atoms with Crippen LogP contribution in [-0.4, -0.2) is 41.6 Å². The van der Waals surface area contributed by atoms with Crippen molar-refractivity contribution in [3.05, 3.63) is 35.9 Å². The van der Waals surface area contributed by atoms with E-state index in [-0.39, 0.29) is 5.91 Å². The van der Waals surface area contributed by atoms with Crippen LogP contribution >= 0.6 is 0 Å². The molecule has 1 aromatic carbocycles. The van der Waals surface area contributed by atoms with Gasteiger partial charge >= 0.3 is 5.97 Å². The molecular weight excluding hydrogens is 270 g/mol. The number of carboxylic acids is 1. The number of amides is 1. The highest BCUT2D eigenvalue weighted by Gasteiger charge is 2.30. The van der Waals surface area contributed by atoms with Crippen molar-refractivity contribution in [2.75, 3.05) is 13.7 Å². The van der Waals surface area contributed by atoms with Crippen LogP contribution in [0.3, 0.4) is 0 Å². The third-order valence-corrected chi connectivity index (χ3v) is 3.62. The highest BCUT2D eigenvalue weighted by atomic mass is 16.5. The fourth-order valence-electron chi connectivity index (χ4n) is 2.51. The number of carbonyl (C=O) groups is 2. The smallest absolute Gasteiger partial charge is 0.326 e. The summed E-state index contributed by atoms with van der Waals surface area (Å²) >= 11 is 0. The zero-order valence-corrected chi connectivity index (χ0v) is 12.0. The Balaban J connectivity index is 2.12. The summed E-state index contributed by atoms with van der Waals surface area (Å²) in [4.78, 5) is 24.9. The summed E-state index contributed by atoms with van der Waals surface area (Å²) in [6.07, 6.45) is 5.28. The number of carbonyl (C=O) groups excluding carboxylic acids is 1. The lowest BCUT2D eigenvalue weighted by Crippen LogP contribution is -2.47. The van der Waals surface area contributed by atoms with Crippen LogP contribution in [0.1, 0.15) is 24.8 Å². The van der Waals surface area contributed by atoms with Gasteiger partial charge in [-0.1, -0.05) is 18.2 Å². The van der Waals surface area contributed by atoms with Gasteiger partial charge < -0.3 is 14.7 Å². The lowest BCUT2D eigenvalue weighted by atomic mass is 10.0. The average molecular weight is 289 g/mol. The van der Waals surface area contributed by atoms with Crippen molar-refractivity contribution in [1.82, 2.24) is 4.90 Å². The predicted octanol–water partition coefficient (Wildman–Crippen LogP) is 2.17. The van der Waals surface area contributed by atoms with Gasteiger partial charge in [-0.05, 0) is 31.4 Å². The quantitative estimate of drug-likeness (QED) is 0.863. The molecule has 1 saturated heterocycles. The number of hydrogen-bond donors (Lipinski definition) is 1. The Morgan fingerprint density at radius 2 is 2.10 bits per heavy atom. The maximum Gasteiger partial charge on any atom is 0.326 e. The molecule has 0 aromatic heterocycles. The first kappa shape index (κ1) is 15.1. The highest BCUT2D eigenvalue weighted by Crippen LogP contribution is 2.20. The Kier molecular flexibility index (Phi) is 4.98. The number of aliphatic carboxylic acids is 1. The first-order valence-corrected chi connectivity index (χ1v) is 6.98. The van der Waals surface area contributed by atoms with Crippen LogP contribution in [0, 0.1) is 0 Å². The van der Waals surface area contributed by atoms with Crippen LogP contribution in [0.15, 0.2) is 30.3 Å². The third kappa shape index (κ3) is 3.62. The van der Waals surface area contributed by atoms with Crippen molar-refractivity contribution in [1.29, 1.82) is 0 Å². The molecule has 1 fully saturated rings. The van der Waals surface area contributed by atoms with E-state index in [0.717, 1.165) is 18.4 Å². The number of piperidine rings is 1. The van der Waals surface area contributed by atoms with Gasteiger partial charge in [-0.25, -0.2) is 4.79 Å². The Morgan fingerprint density at radius 3 is 2.81 bits per heavy atom. The molecule has 0 aliphatic carbocycles. The van der Waals surface area contributed by atoms with E-state index in [2.05, 4.69) is 0 Å². The summed E-state index contributed by atoms with van der Waals surface area (Å²) in [5.74, 6) is -0.531. The number of para-hydroxylation sites is 1. The molecule has 1 aliphatic heterocycles. The maximum atomic E-state index is 12.2.